The molecule has 2 atom stereocenters. The van der Waals surface area contributed by atoms with Gasteiger partial charge in [0.2, 0.25) is 5.91 Å². The van der Waals surface area contributed by atoms with Gasteiger partial charge in [-0.1, -0.05) is 19.1 Å². The monoisotopic (exact) mass is 302 g/mol. The number of aliphatic hydroxyl groups excluding tert-OH is 1. The molecule has 22 heavy (non-hydrogen) atoms. The van der Waals surface area contributed by atoms with Crippen molar-refractivity contribution in [3.8, 4) is 0 Å². The molecule has 2 aliphatic rings. The number of imide groups is 1. The number of fused-ring (bicyclic) bond motifs is 1. The quantitative estimate of drug-likeness (QED) is 0.832. The van der Waals surface area contributed by atoms with Gasteiger partial charge in [-0.3, -0.25) is 19.3 Å². The van der Waals surface area contributed by atoms with Gasteiger partial charge in [-0.15, -0.1) is 0 Å². The molecule has 116 valence electrons. The Hall–Kier alpha value is -2.21. The number of carbonyl (C=O) groups is 3. The van der Waals surface area contributed by atoms with E-state index in [2.05, 4.69) is 0 Å². The lowest BCUT2D eigenvalue weighted by molar-refractivity contribution is -0.132. The highest BCUT2D eigenvalue weighted by atomic mass is 16.3. The van der Waals surface area contributed by atoms with E-state index in [9.17, 15) is 19.5 Å². The van der Waals surface area contributed by atoms with E-state index in [1.807, 2.05) is 6.92 Å². The van der Waals surface area contributed by atoms with Gasteiger partial charge in [-0.05, 0) is 25.0 Å². The first-order valence-corrected chi connectivity index (χ1v) is 7.45. The first-order chi connectivity index (χ1) is 10.5. The second kappa shape index (κ2) is 5.53. The van der Waals surface area contributed by atoms with Crippen LogP contribution in [0.4, 0.5) is 0 Å². The van der Waals surface area contributed by atoms with E-state index in [1.165, 1.54) is 0 Å². The summed E-state index contributed by atoms with van der Waals surface area (Å²) < 4.78 is 0. The number of hydrogen-bond acceptors (Lipinski definition) is 4. The predicted octanol–water partition coefficient (Wildman–Crippen LogP) is 0.654. The minimum atomic E-state index is -0.531. The van der Waals surface area contributed by atoms with Gasteiger partial charge in [-0.2, -0.15) is 0 Å². The maximum atomic E-state index is 12.4. The Bertz CT molecular complexity index is 608. The fraction of sp³-hybridized carbons (Fsp3) is 0.438. The van der Waals surface area contributed by atoms with Gasteiger partial charge >= 0.3 is 0 Å². The number of β-amino-alcohol motifs (C(OH)–C–C–N with tert-alkyl or cyclic N) is 1. The van der Waals surface area contributed by atoms with Crippen molar-refractivity contribution in [2.24, 2.45) is 0 Å². The summed E-state index contributed by atoms with van der Waals surface area (Å²) >= 11 is 0. The summed E-state index contributed by atoms with van der Waals surface area (Å²) in [6.07, 6.45) is 0.756. The number of aliphatic hydroxyl groups is 1. The highest BCUT2D eigenvalue weighted by Gasteiger charge is 2.39. The number of carbonyl (C=O) groups excluding carboxylic acids is 3. The summed E-state index contributed by atoms with van der Waals surface area (Å²) in [4.78, 5) is 39.5. The van der Waals surface area contributed by atoms with E-state index in [4.69, 9.17) is 0 Å². The summed E-state index contributed by atoms with van der Waals surface area (Å²) in [6.45, 7) is 1.95. The topological polar surface area (TPSA) is 77.9 Å². The van der Waals surface area contributed by atoms with Crippen LogP contribution in [0.15, 0.2) is 24.3 Å². The second-order valence-corrected chi connectivity index (χ2v) is 5.74. The molecule has 0 radical (unpaired) electrons. The molecule has 1 aromatic carbocycles. The van der Waals surface area contributed by atoms with Crippen molar-refractivity contribution in [3.05, 3.63) is 35.4 Å². The molecular weight excluding hydrogens is 284 g/mol. The summed E-state index contributed by atoms with van der Waals surface area (Å²) in [5.41, 5.74) is 0.683. The van der Waals surface area contributed by atoms with Crippen molar-refractivity contribution < 1.29 is 19.5 Å². The van der Waals surface area contributed by atoms with Gasteiger partial charge in [0.1, 0.15) is 6.54 Å². The molecule has 2 aliphatic heterocycles. The van der Waals surface area contributed by atoms with Gasteiger partial charge in [0.25, 0.3) is 11.8 Å². The number of amides is 3. The van der Waals surface area contributed by atoms with Crippen molar-refractivity contribution in [1.29, 1.82) is 0 Å². The van der Waals surface area contributed by atoms with Crippen LogP contribution in [0.25, 0.3) is 0 Å². The fourth-order valence-electron chi connectivity index (χ4n) is 3.19. The molecule has 1 fully saturated rings. The molecule has 0 saturated carbocycles. The maximum absolute atomic E-state index is 12.4. The third-order valence-corrected chi connectivity index (χ3v) is 4.36. The van der Waals surface area contributed by atoms with Crippen LogP contribution in [0.2, 0.25) is 0 Å². The minimum Gasteiger partial charge on any atom is -0.391 e. The fourth-order valence-corrected chi connectivity index (χ4v) is 3.19. The molecule has 6 heteroatoms. The normalized spacial score (nSPS) is 24.1. The largest absolute Gasteiger partial charge is 0.391 e. The van der Waals surface area contributed by atoms with Crippen molar-refractivity contribution in [2.45, 2.75) is 31.9 Å². The Kier molecular flexibility index (Phi) is 3.70. The lowest BCUT2D eigenvalue weighted by atomic mass is 10.1. The van der Waals surface area contributed by atoms with Crippen molar-refractivity contribution >= 4 is 17.7 Å². The van der Waals surface area contributed by atoms with Crippen LogP contribution in [-0.2, 0) is 4.79 Å². The van der Waals surface area contributed by atoms with Gasteiger partial charge in [-0.25, -0.2) is 0 Å². The lowest BCUT2D eigenvalue weighted by Gasteiger charge is -2.25. The Labute approximate surface area is 128 Å². The zero-order valence-corrected chi connectivity index (χ0v) is 12.4. The number of likely N-dealkylation sites (tertiary alicyclic amines) is 1. The van der Waals surface area contributed by atoms with E-state index in [-0.39, 0.29) is 25.0 Å². The Balaban J connectivity index is 1.76. The van der Waals surface area contributed by atoms with E-state index < -0.39 is 17.9 Å². The van der Waals surface area contributed by atoms with Crippen LogP contribution in [-0.4, -0.2) is 57.9 Å². The Morgan fingerprint density at radius 3 is 2.36 bits per heavy atom. The van der Waals surface area contributed by atoms with Crippen LogP contribution >= 0.6 is 0 Å². The average Bonchev–Trinajstić information content (AvgIpc) is 3.01. The molecule has 0 aromatic heterocycles. The average molecular weight is 302 g/mol. The first kappa shape index (κ1) is 14.7. The SMILES string of the molecule is CC[C@@H]1C[C@@H](O)CN1C(=O)CN1C(=O)c2ccccc2C1=O. The summed E-state index contributed by atoms with van der Waals surface area (Å²) in [5.74, 6) is -1.15. The molecule has 3 amide bonds. The van der Waals surface area contributed by atoms with Gasteiger partial charge in [0.15, 0.2) is 0 Å². The van der Waals surface area contributed by atoms with Crippen LogP contribution < -0.4 is 0 Å². The molecule has 0 bridgehead atoms. The van der Waals surface area contributed by atoms with E-state index in [0.29, 0.717) is 17.5 Å². The molecule has 0 aliphatic carbocycles. The third-order valence-electron chi connectivity index (χ3n) is 4.36. The molecule has 6 nitrogen and oxygen atoms in total. The molecule has 1 N–H and O–H groups in total. The molecular formula is C16H18N2O4. The maximum Gasteiger partial charge on any atom is 0.262 e. The molecule has 2 heterocycles. The Morgan fingerprint density at radius 2 is 1.82 bits per heavy atom. The molecule has 3 rings (SSSR count). The van der Waals surface area contributed by atoms with E-state index in [0.717, 1.165) is 11.3 Å². The predicted molar refractivity (Wildman–Crippen MR) is 78.2 cm³/mol. The molecule has 1 aromatic rings. The second-order valence-electron chi connectivity index (χ2n) is 5.74. The third kappa shape index (κ3) is 2.29. The summed E-state index contributed by atoms with van der Waals surface area (Å²) in [5, 5.41) is 9.72. The van der Waals surface area contributed by atoms with Crippen LogP contribution in [0.5, 0.6) is 0 Å². The highest BCUT2D eigenvalue weighted by molar-refractivity contribution is 6.22. The molecule has 1 saturated heterocycles. The van der Waals surface area contributed by atoms with Gasteiger partial charge < -0.3 is 10.0 Å². The van der Waals surface area contributed by atoms with Crippen molar-refractivity contribution in [1.82, 2.24) is 9.80 Å². The number of nitrogens with zero attached hydrogens (tertiary/aromatic N) is 2. The first-order valence-electron chi connectivity index (χ1n) is 7.45. The summed E-state index contributed by atoms with van der Waals surface area (Å²) in [7, 11) is 0. The van der Waals surface area contributed by atoms with Crippen LogP contribution in [0, 0.1) is 0 Å². The van der Waals surface area contributed by atoms with Gasteiger partial charge in [0, 0.05) is 12.6 Å². The van der Waals surface area contributed by atoms with Crippen molar-refractivity contribution in [3.63, 3.8) is 0 Å². The van der Waals surface area contributed by atoms with Crippen molar-refractivity contribution in [2.75, 3.05) is 13.1 Å². The molecule has 0 spiro atoms. The minimum absolute atomic E-state index is 0.0299. The number of benzene rings is 1. The number of rotatable bonds is 3. The van der Waals surface area contributed by atoms with Crippen LogP contribution in [0.1, 0.15) is 40.5 Å². The standard InChI is InChI=1S/C16H18N2O4/c1-2-10-7-11(19)8-17(10)14(20)9-18-15(21)12-5-3-4-6-13(12)16(18)22/h3-6,10-11,19H,2,7-9H2,1H3/t10-,11-/m1/s1. The lowest BCUT2D eigenvalue weighted by Crippen LogP contribution is -2.44. The number of hydrogen-bond donors (Lipinski definition) is 1. The molecule has 0 unspecified atom stereocenters. The Morgan fingerprint density at radius 1 is 1.23 bits per heavy atom. The van der Waals surface area contributed by atoms with E-state index in [1.54, 1.807) is 29.2 Å². The summed E-state index contributed by atoms with van der Waals surface area (Å²) in [6, 6.07) is 6.54. The van der Waals surface area contributed by atoms with E-state index >= 15 is 0 Å². The zero-order valence-electron chi connectivity index (χ0n) is 12.4. The smallest absolute Gasteiger partial charge is 0.262 e. The zero-order chi connectivity index (χ0) is 15.9. The van der Waals surface area contributed by atoms with Gasteiger partial charge in [0.05, 0.1) is 17.2 Å². The highest BCUT2D eigenvalue weighted by Crippen LogP contribution is 2.24. The van der Waals surface area contributed by atoms with Crippen LogP contribution in [0.3, 0.4) is 0 Å².